The molecule has 18 heavy (non-hydrogen) atoms. The number of hydrogen-bond donors (Lipinski definition) is 3. The highest BCUT2D eigenvalue weighted by Gasteiger charge is 2.09. The normalized spacial score (nSPS) is 12.0. The maximum atomic E-state index is 11.1. The summed E-state index contributed by atoms with van der Waals surface area (Å²) in [4.78, 5) is 0. The molecule has 0 spiro atoms. The quantitative estimate of drug-likeness (QED) is 0.589. The molecule has 1 aromatic heterocycles. The van der Waals surface area contributed by atoms with E-state index in [9.17, 15) is 8.42 Å². The van der Waals surface area contributed by atoms with Crippen LogP contribution in [0.25, 0.3) is 0 Å². The Kier molecular flexibility index (Phi) is 5.51. The van der Waals surface area contributed by atoms with Crippen molar-refractivity contribution in [2.75, 3.05) is 24.7 Å². The van der Waals surface area contributed by atoms with Crippen LogP contribution in [0.1, 0.15) is 19.7 Å². The highest BCUT2D eigenvalue weighted by atomic mass is 32.2. The van der Waals surface area contributed by atoms with E-state index in [-0.39, 0.29) is 18.3 Å². The molecule has 1 heterocycles. The molecule has 0 atom stereocenters. The number of sulfonamides is 1. The zero-order valence-corrected chi connectivity index (χ0v) is 11.5. The Hall–Kier alpha value is -1.19. The summed E-state index contributed by atoms with van der Waals surface area (Å²) in [5, 5.41) is 13.5. The van der Waals surface area contributed by atoms with Crippen molar-refractivity contribution in [1.29, 1.82) is 0 Å². The van der Waals surface area contributed by atoms with E-state index in [1.165, 1.54) is 7.05 Å². The maximum absolute atomic E-state index is 11.1. The summed E-state index contributed by atoms with van der Waals surface area (Å²) in [6, 6.07) is 0.552. The van der Waals surface area contributed by atoms with E-state index in [0.29, 0.717) is 18.5 Å². The third-order valence-corrected chi connectivity index (χ3v) is 3.45. The summed E-state index contributed by atoms with van der Waals surface area (Å²) in [7, 11) is -1.85. The molecule has 3 N–H and O–H groups in total. The van der Waals surface area contributed by atoms with Gasteiger partial charge in [0.25, 0.3) is 0 Å². The summed E-state index contributed by atoms with van der Waals surface area (Å²) < 4.78 is 29.8. The van der Waals surface area contributed by atoms with Crippen molar-refractivity contribution in [3.05, 3.63) is 5.89 Å². The predicted molar refractivity (Wildman–Crippen MR) is 67.6 cm³/mol. The van der Waals surface area contributed by atoms with Gasteiger partial charge in [-0.25, -0.2) is 13.1 Å². The SMILES string of the molecule is CNS(=O)(=O)CCNc1nnc(CNC(C)C)o1. The first-order chi connectivity index (χ1) is 8.43. The number of anilines is 1. The van der Waals surface area contributed by atoms with E-state index in [1.54, 1.807) is 0 Å². The smallest absolute Gasteiger partial charge is 0.315 e. The van der Waals surface area contributed by atoms with Gasteiger partial charge in [-0.05, 0) is 7.05 Å². The Bertz CT molecular complexity index is 457. The van der Waals surface area contributed by atoms with Crippen molar-refractivity contribution >= 4 is 16.0 Å². The molecule has 9 heteroatoms. The van der Waals surface area contributed by atoms with Crippen LogP contribution in [0.2, 0.25) is 0 Å². The Morgan fingerprint density at radius 3 is 2.67 bits per heavy atom. The van der Waals surface area contributed by atoms with Crippen molar-refractivity contribution < 1.29 is 12.8 Å². The first kappa shape index (κ1) is 14.9. The van der Waals surface area contributed by atoms with Crippen LogP contribution in [-0.4, -0.2) is 44.0 Å². The second-order valence-electron chi connectivity index (χ2n) is 3.99. The molecule has 8 nitrogen and oxygen atoms in total. The van der Waals surface area contributed by atoms with Gasteiger partial charge in [-0.15, -0.1) is 5.10 Å². The van der Waals surface area contributed by atoms with Crippen LogP contribution < -0.4 is 15.4 Å². The third-order valence-electron chi connectivity index (χ3n) is 2.09. The molecule has 1 aromatic rings. The Labute approximate surface area is 107 Å². The minimum atomic E-state index is -3.22. The molecule has 0 aliphatic rings. The minimum Gasteiger partial charge on any atom is -0.407 e. The van der Waals surface area contributed by atoms with Crippen LogP contribution in [0.3, 0.4) is 0 Å². The Morgan fingerprint density at radius 2 is 2.06 bits per heavy atom. The van der Waals surface area contributed by atoms with Crippen LogP contribution >= 0.6 is 0 Å². The topological polar surface area (TPSA) is 109 Å². The summed E-state index contributed by atoms with van der Waals surface area (Å²) in [6.07, 6.45) is 0. The molecule has 1 rings (SSSR count). The molecule has 0 aliphatic carbocycles. The first-order valence-electron chi connectivity index (χ1n) is 5.64. The lowest BCUT2D eigenvalue weighted by molar-refractivity contribution is 0.459. The number of nitrogens with one attached hydrogen (secondary N) is 3. The zero-order valence-electron chi connectivity index (χ0n) is 10.7. The zero-order chi connectivity index (χ0) is 13.6. The van der Waals surface area contributed by atoms with Crippen molar-refractivity contribution in [3.63, 3.8) is 0 Å². The van der Waals surface area contributed by atoms with Crippen LogP contribution in [0.5, 0.6) is 0 Å². The lowest BCUT2D eigenvalue weighted by Gasteiger charge is -2.04. The fourth-order valence-corrected chi connectivity index (χ4v) is 1.66. The van der Waals surface area contributed by atoms with Crippen LogP contribution in [-0.2, 0) is 16.6 Å². The van der Waals surface area contributed by atoms with Gasteiger partial charge < -0.3 is 15.1 Å². The van der Waals surface area contributed by atoms with Gasteiger partial charge in [-0.1, -0.05) is 18.9 Å². The van der Waals surface area contributed by atoms with E-state index in [4.69, 9.17) is 4.42 Å². The third kappa shape index (κ3) is 5.43. The average Bonchev–Trinajstić information content (AvgIpc) is 2.74. The average molecular weight is 277 g/mol. The molecule has 104 valence electrons. The molecule has 0 fully saturated rings. The second-order valence-corrected chi connectivity index (χ2v) is 6.03. The molecular formula is C9H19N5O3S. The van der Waals surface area contributed by atoms with Crippen molar-refractivity contribution in [2.24, 2.45) is 0 Å². The standard InChI is InChI=1S/C9H19N5O3S/c1-7(2)12-6-8-13-14-9(17-8)11-4-5-18(15,16)10-3/h7,10,12H,4-6H2,1-3H3,(H,11,14). The Balaban J connectivity index is 2.35. The molecule has 0 saturated carbocycles. The summed E-state index contributed by atoms with van der Waals surface area (Å²) >= 11 is 0. The van der Waals surface area contributed by atoms with Crippen molar-refractivity contribution in [1.82, 2.24) is 20.2 Å². The van der Waals surface area contributed by atoms with E-state index in [2.05, 4.69) is 25.6 Å². The van der Waals surface area contributed by atoms with Gasteiger partial charge in [-0.3, -0.25) is 0 Å². The lowest BCUT2D eigenvalue weighted by Crippen LogP contribution is -2.26. The number of hydrogen-bond acceptors (Lipinski definition) is 7. The second kappa shape index (κ2) is 6.66. The Morgan fingerprint density at radius 1 is 1.33 bits per heavy atom. The number of aromatic nitrogens is 2. The van der Waals surface area contributed by atoms with Gasteiger partial charge in [0.15, 0.2) is 0 Å². The predicted octanol–water partition coefficient (Wildman–Crippen LogP) is -0.471. The molecule has 0 saturated heterocycles. The molecule has 0 aromatic carbocycles. The molecular weight excluding hydrogens is 258 g/mol. The number of nitrogens with zero attached hydrogens (tertiary/aromatic N) is 2. The summed E-state index contributed by atoms with van der Waals surface area (Å²) in [5.74, 6) is 0.411. The van der Waals surface area contributed by atoms with Crippen molar-refractivity contribution in [3.8, 4) is 0 Å². The fourth-order valence-electron chi connectivity index (χ4n) is 1.08. The fraction of sp³-hybridized carbons (Fsp3) is 0.778. The minimum absolute atomic E-state index is 0.0501. The molecule has 0 radical (unpaired) electrons. The summed E-state index contributed by atoms with van der Waals surface area (Å²) in [5.41, 5.74) is 0. The molecule has 0 aliphatic heterocycles. The monoisotopic (exact) mass is 277 g/mol. The number of rotatable bonds is 8. The summed E-state index contributed by atoms with van der Waals surface area (Å²) in [6.45, 7) is 4.72. The largest absolute Gasteiger partial charge is 0.407 e. The van der Waals surface area contributed by atoms with E-state index < -0.39 is 10.0 Å². The van der Waals surface area contributed by atoms with E-state index in [0.717, 1.165) is 0 Å². The molecule has 0 unspecified atom stereocenters. The van der Waals surface area contributed by atoms with Gasteiger partial charge >= 0.3 is 6.01 Å². The van der Waals surface area contributed by atoms with Crippen molar-refractivity contribution in [2.45, 2.75) is 26.4 Å². The van der Waals surface area contributed by atoms with Gasteiger partial charge in [0, 0.05) is 12.6 Å². The van der Waals surface area contributed by atoms with Crippen LogP contribution in [0.4, 0.5) is 6.01 Å². The van der Waals surface area contributed by atoms with Gasteiger partial charge in [-0.2, -0.15) is 0 Å². The van der Waals surface area contributed by atoms with Gasteiger partial charge in [0.1, 0.15) is 0 Å². The van der Waals surface area contributed by atoms with Crippen LogP contribution in [0, 0.1) is 0 Å². The van der Waals surface area contributed by atoms with E-state index in [1.807, 2.05) is 13.8 Å². The first-order valence-corrected chi connectivity index (χ1v) is 7.29. The lowest BCUT2D eigenvalue weighted by atomic mass is 10.4. The van der Waals surface area contributed by atoms with Gasteiger partial charge in [0.2, 0.25) is 15.9 Å². The van der Waals surface area contributed by atoms with Crippen LogP contribution in [0.15, 0.2) is 4.42 Å². The molecule has 0 amide bonds. The highest BCUT2D eigenvalue weighted by Crippen LogP contribution is 2.04. The molecule has 0 bridgehead atoms. The van der Waals surface area contributed by atoms with Gasteiger partial charge in [0.05, 0.1) is 12.3 Å². The van der Waals surface area contributed by atoms with E-state index >= 15 is 0 Å². The highest BCUT2D eigenvalue weighted by molar-refractivity contribution is 7.89. The maximum Gasteiger partial charge on any atom is 0.315 e.